The summed E-state index contributed by atoms with van der Waals surface area (Å²) in [5.74, 6) is -1.83. The highest BCUT2D eigenvalue weighted by molar-refractivity contribution is 7.91. The Balaban J connectivity index is 1.57. The number of furan rings is 1. The lowest BCUT2D eigenvalue weighted by Gasteiger charge is -2.30. The topological polar surface area (TPSA) is 123 Å². The van der Waals surface area contributed by atoms with E-state index in [1.54, 1.807) is 41.8 Å². The zero-order valence-corrected chi connectivity index (χ0v) is 17.0. The second-order valence-electron chi connectivity index (χ2n) is 6.79. The molecule has 3 N–H and O–H groups in total. The molecular formula is C19H19N3O5S2. The zero-order chi connectivity index (χ0) is 20.6. The molecule has 1 saturated heterocycles. The molecule has 1 aliphatic rings. The first-order valence-electron chi connectivity index (χ1n) is 9.04. The van der Waals surface area contributed by atoms with Crippen LogP contribution in [0.2, 0.25) is 0 Å². The third kappa shape index (κ3) is 3.66. The van der Waals surface area contributed by atoms with E-state index < -0.39 is 21.8 Å². The lowest BCUT2D eigenvalue weighted by atomic mass is 9.98. The summed E-state index contributed by atoms with van der Waals surface area (Å²) in [7, 11) is -3.62. The van der Waals surface area contributed by atoms with Crippen LogP contribution in [-0.4, -0.2) is 37.6 Å². The fourth-order valence-electron chi connectivity index (χ4n) is 3.48. The molecule has 1 fully saturated rings. The summed E-state index contributed by atoms with van der Waals surface area (Å²) in [6, 6.07) is 10.1. The van der Waals surface area contributed by atoms with Crippen molar-refractivity contribution in [1.82, 2.24) is 4.31 Å². The van der Waals surface area contributed by atoms with Gasteiger partial charge in [0.1, 0.15) is 15.5 Å². The molecule has 10 heteroatoms. The molecule has 29 heavy (non-hydrogen) atoms. The van der Waals surface area contributed by atoms with E-state index in [1.165, 1.54) is 4.31 Å². The molecule has 152 valence electrons. The first-order valence-corrected chi connectivity index (χ1v) is 11.4. The normalized spacial score (nSPS) is 18.0. The Bertz CT molecular complexity index is 1170. The van der Waals surface area contributed by atoms with Crippen LogP contribution < -0.4 is 11.1 Å². The van der Waals surface area contributed by atoms with Crippen LogP contribution >= 0.6 is 11.3 Å². The van der Waals surface area contributed by atoms with Gasteiger partial charge in [-0.25, -0.2) is 8.42 Å². The van der Waals surface area contributed by atoms with Crippen LogP contribution in [0, 0.1) is 5.92 Å². The summed E-state index contributed by atoms with van der Waals surface area (Å²) >= 11 is 1.15. The van der Waals surface area contributed by atoms with E-state index in [2.05, 4.69) is 5.32 Å². The number of thiophene rings is 1. The minimum absolute atomic E-state index is 0.0771. The van der Waals surface area contributed by atoms with Crippen LogP contribution in [-0.2, 0) is 14.8 Å². The Kier molecular flexibility index (Phi) is 5.15. The number of nitrogens with one attached hydrogen (secondary N) is 1. The largest absolute Gasteiger partial charge is 0.449 e. The number of benzene rings is 1. The van der Waals surface area contributed by atoms with E-state index in [0.717, 1.165) is 11.3 Å². The number of hydrogen-bond donors (Lipinski definition) is 2. The Morgan fingerprint density at radius 2 is 2.00 bits per heavy atom. The van der Waals surface area contributed by atoms with Crippen LogP contribution in [0.25, 0.3) is 11.0 Å². The van der Waals surface area contributed by atoms with Gasteiger partial charge in [-0.2, -0.15) is 4.31 Å². The monoisotopic (exact) mass is 433 g/mol. The first-order chi connectivity index (χ1) is 13.9. The number of hydrogen-bond acceptors (Lipinski definition) is 6. The third-order valence-corrected chi connectivity index (χ3v) is 8.15. The molecule has 0 saturated carbocycles. The number of primary amides is 1. The molecule has 3 heterocycles. The third-order valence-electron chi connectivity index (χ3n) is 4.91. The van der Waals surface area contributed by atoms with Crippen molar-refractivity contribution in [3.05, 3.63) is 47.5 Å². The molecule has 0 bridgehead atoms. The van der Waals surface area contributed by atoms with Crippen LogP contribution in [0.3, 0.4) is 0 Å². The van der Waals surface area contributed by atoms with Crippen LogP contribution in [0.5, 0.6) is 0 Å². The highest BCUT2D eigenvalue weighted by Gasteiger charge is 2.34. The van der Waals surface area contributed by atoms with Crippen molar-refractivity contribution in [2.75, 3.05) is 18.4 Å². The number of anilines is 1. The predicted octanol–water partition coefficient (Wildman–Crippen LogP) is 2.63. The zero-order valence-electron chi connectivity index (χ0n) is 15.3. The molecule has 4 rings (SSSR count). The van der Waals surface area contributed by atoms with Crippen LogP contribution in [0.1, 0.15) is 23.4 Å². The highest BCUT2D eigenvalue weighted by Crippen LogP contribution is 2.32. The summed E-state index contributed by atoms with van der Waals surface area (Å²) in [4.78, 5) is 24.7. The van der Waals surface area contributed by atoms with E-state index in [-0.39, 0.29) is 28.1 Å². The van der Waals surface area contributed by atoms with Gasteiger partial charge in [-0.3, -0.25) is 9.59 Å². The van der Waals surface area contributed by atoms with Gasteiger partial charge in [0, 0.05) is 18.5 Å². The summed E-state index contributed by atoms with van der Waals surface area (Å²) in [6.45, 7) is 0.443. The van der Waals surface area contributed by atoms with E-state index >= 15 is 0 Å². The molecule has 2 aromatic heterocycles. The number of nitrogens with two attached hydrogens (primary N) is 1. The Labute approximate surface area is 171 Å². The molecule has 1 aliphatic heterocycles. The number of amides is 2. The van der Waals surface area contributed by atoms with Crippen molar-refractivity contribution in [2.24, 2.45) is 11.7 Å². The van der Waals surface area contributed by atoms with Gasteiger partial charge in [-0.05, 0) is 36.4 Å². The summed E-state index contributed by atoms with van der Waals surface area (Å²) < 4.78 is 32.6. The summed E-state index contributed by atoms with van der Waals surface area (Å²) in [6.07, 6.45) is 1.11. The average Bonchev–Trinajstić information content (AvgIpc) is 3.37. The SMILES string of the molecule is NC(=O)c1oc2ccccc2c1NC(=O)C1CCCN(S(=O)(=O)c2cccs2)C1. The lowest BCUT2D eigenvalue weighted by Crippen LogP contribution is -2.43. The number of piperidine rings is 1. The van der Waals surface area contributed by atoms with E-state index in [4.69, 9.17) is 10.2 Å². The number of carbonyl (C=O) groups excluding carboxylic acids is 2. The molecule has 3 aromatic rings. The van der Waals surface area contributed by atoms with Gasteiger partial charge < -0.3 is 15.5 Å². The van der Waals surface area contributed by atoms with E-state index in [1.807, 2.05) is 0 Å². The predicted molar refractivity (Wildman–Crippen MR) is 109 cm³/mol. The van der Waals surface area contributed by atoms with Gasteiger partial charge in [-0.1, -0.05) is 18.2 Å². The van der Waals surface area contributed by atoms with Crippen molar-refractivity contribution in [2.45, 2.75) is 17.1 Å². The molecule has 1 aromatic carbocycles. The molecule has 0 radical (unpaired) electrons. The van der Waals surface area contributed by atoms with Crippen molar-refractivity contribution in [3.63, 3.8) is 0 Å². The smallest absolute Gasteiger partial charge is 0.286 e. The minimum Gasteiger partial charge on any atom is -0.449 e. The van der Waals surface area contributed by atoms with E-state index in [0.29, 0.717) is 30.4 Å². The summed E-state index contributed by atoms with van der Waals surface area (Å²) in [5.41, 5.74) is 6.05. The highest BCUT2D eigenvalue weighted by atomic mass is 32.2. The van der Waals surface area contributed by atoms with Crippen LogP contribution in [0.4, 0.5) is 5.69 Å². The standard InChI is InChI=1S/C19H19N3O5S2/c20-18(23)17-16(13-6-1-2-7-14(13)27-17)21-19(24)12-5-3-9-22(11-12)29(25,26)15-8-4-10-28-15/h1-2,4,6-8,10,12H,3,5,9,11H2,(H2,20,23)(H,21,24). The van der Waals surface area contributed by atoms with Crippen LogP contribution in [0.15, 0.2) is 50.4 Å². The molecule has 0 spiro atoms. The Morgan fingerprint density at radius 1 is 1.21 bits per heavy atom. The first kappa shape index (κ1) is 19.6. The van der Waals surface area contributed by atoms with Crippen molar-refractivity contribution in [1.29, 1.82) is 0 Å². The number of rotatable bonds is 5. The van der Waals surface area contributed by atoms with Gasteiger partial charge in [0.2, 0.25) is 11.7 Å². The maximum atomic E-state index is 12.9. The van der Waals surface area contributed by atoms with Gasteiger partial charge in [0.15, 0.2) is 0 Å². The minimum atomic E-state index is -3.62. The molecule has 1 unspecified atom stereocenters. The maximum Gasteiger partial charge on any atom is 0.286 e. The average molecular weight is 434 g/mol. The van der Waals surface area contributed by atoms with Crippen molar-refractivity contribution in [3.8, 4) is 0 Å². The number of fused-ring (bicyclic) bond motifs is 1. The molecule has 0 aliphatic carbocycles. The maximum absolute atomic E-state index is 12.9. The van der Waals surface area contributed by atoms with Crippen molar-refractivity contribution < 1.29 is 22.4 Å². The van der Waals surface area contributed by atoms with E-state index in [9.17, 15) is 18.0 Å². The number of sulfonamides is 1. The lowest BCUT2D eigenvalue weighted by molar-refractivity contribution is -0.120. The quantitative estimate of drug-likeness (QED) is 0.640. The number of carbonyl (C=O) groups is 2. The number of para-hydroxylation sites is 1. The fraction of sp³-hybridized carbons (Fsp3) is 0.263. The second kappa shape index (κ2) is 7.62. The second-order valence-corrected chi connectivity index (χ2v) is 9.90. The van der Waals surface area contributed by atoms with Gasteiger partial charge in [0.05, 0.1) is 5.92 Å². The molecule has 2 amide bonds. The Morgan fingerprint density at radius 3 is 2.72 bits per heavy atom. The number of nitrogens with zero attached hydrogens (tertiary/aromatic N) is 1. The van der Waals surface area contributed by atoms with Crippen molar-refractivity contribution >= 4 is 49.8 Å². The fourth-order valence-corrected chi connectivity index (χ4v) is 6.15. The van der Waals surface area contributed by atoms with Gasteiger partial charge in [-0.15, -0.1) is 11.3 Å². The Hall–Kier alpha value is -2.69. The molecular weight excluding hydrogens is 414 g/mol. The van der Waals surface area contributed by atoms with Gasteiger partial charge in [0.25, 0.3) is 15.9 Å². The molecule has 8 nitrogen and oxygen atoms in total. The molecule has 1 atom stereocenters. The summed E-state index contributed by atoms with van der Waals surface area (Å²) in [5, 5.41) is 5.01. The van der Waals surface area contributed by atoms with Gasteiger partial charge >= 0.3 is 0 Å².